The number of anilines is 1. The molecular weight excluding hydrogens is 244 g/mol. The molecule has 19 heavy (non-hydrogen) atoms. The molecule has 1 amide bonds. The van der Waals surface area contributed by atoms with Gasteiger partial charge in [-0.1, -0.05) is 13.0 Å². The minimum absolute atomic E-state index is 0.0770. The second kappa shape index (κ2) is 5.90. The maximum Gasteiger partial charge on any atom is 0.253 e. The lowest BCUT2D eigenvalue weighted by molar-refractivity contribution is -0.116. The van der Waals surface area contributed by atoms with Crippen molar-refractivity contribution in [2.24, 2.45) is 0 Å². The van der Waals surface area contributed by atoms with Crippen molar-refractivity contribution in [2.75, 3.05) is 5.32 Å². The summed E-state index contributed by atoms with van der Waals surface area (Å²) in [5.74, 6) is 0.144. The second-order valence-corrected chi connectivity index (χ2v) is 3.96. The van der Waals surface area contributed by atoms with E-state index in [0.717, 1.165) is 0 Å². The lowest BCUT2D eigenvalue weighted by Crippen LogP contribution is -2.28. The molecule has 1 N–H and O–H groups in total. The molecule has 98 valence electrons. The number of nitrogens with zero attached hydrogens (tertiary/aromatic N) is 3. The number of hydrogen-bond acceptors (Lipinski definition) is 4. The van der Waals surface area contributed by atoms with E-state index >= 15 is 0 Å². The predicted molar refractivity (Wildman–Crippen MR) is 70.7 cm³/mol. The van der Waals surface area contributed by atoms with Crippen LogP contribution in [0.3, 0.4) is 0 Å². The third-order valence-corrected chi connectivity index (χ3v) is 2.54. The highest BCUT2D eigenvalue weighted by molar-refractivity contribution is 5.89. The van der Waals surface area contributed by atoms with Crippen LogP contribution in [0.25, 0.3) is 0 Å². The lowest BCUT2D eigenvalue weighted by atomic mass is 10.3. The van der Waals surface area contributed by atoms with Gasteiger partial charge in [0.05, 0.1) is 6.33 Å². The third-order valence-electron chi connectivity index (χ3n) is 2.54. The highest BCUT2D eigenvalue weighted by Crippen LogP contribution is 1.99. The number of aryl methyl sites for hydroxylation is 1. The van der Waals surface area contributed by atoms with Crippen LogP contribution in [0.1, 0.15) is 12.6 Å². The van der Waals surface area contributed by atoms with Gasteiger partial charge in [0.25, 0.3) is 5.56 Å². The van der Waals surface area contributed by atoms with Crippen molar-refractivity contribution in [2.45, 2.75) is 19.9 Å². The molecule has 0 spiro atoms. The highest BCUT2D eigenvalue weighted by Gasteiger charge is 2.06. The summed E-state index contributed by atoms with van der Waals surface area (Å²) in [6.07, 6.45) is 3.66. The summed E-state index contributed by atoms with van der Waals surface area (Å²) in [7, 11) is 0. The fourth-order valence-corrected chi connectivity index (χ4v) is 1.55. The number of rotatable bonds is 4. The van der Waals surface area contributed by atoms with E-state index in [0.29, 0.717) is 17.9 Å². The number of aromatic nitrogens is 3. The van der Waals surface area contributed by atoms with Gasteiger partial charge in [-0.3, -0.25) is 14.2 Å². The van der Waals surface area contributed by atoms with Crippen LogP contribution in [0.5, 0.6) is 0 Å². The molecule has 0 fully saturated rings. The fourth-order valence-electron chi connectivity index (χ4n) is 1.55. The van der Waals surface area contributed by atoms with Gasteiger partial charge in [-0.2, -0.15) is 0 Å². The molecule has 0 bridgehead atoms. The van der Waals surface area contributed by atoms with Gasteiger partial charge in [-0.15, -0.1) is 0 Å². The van der Waals surface area contributed by atoms with E-state index in [1.807, 2.05) is 6.92 Å². The Morgan fingerprint density at radius 2 is 2.21 bits per heavy atom. The first-order chi connectivity index (χ1) is 9.19. The number of pyridine rings is 1. The zero-order valence-corrected chi connectivity index (χ0v) is 10.5. The molecular formula is C13H14N4O2. The Hall–Kier alpha value is -2.50. The van der Waals surface area contributed by atoms with E-state index in [1.54, 1.807) is 24.4 Å². The van der Waals surface area contributed by atoms with Gasteiger partial charge >= 0.3 is 0 Å². The Morgan fingerprint density at radius 1 is 1.37 bits per heavy atom. The van der Waals surface area contributed by atoms with Crippen LogP contribution in [-0.2, 0) is 17.8 Å². The Morgan fingerprint density at radius 3 is 2.84 bits per heavy atom. The maximum absolute atomic E-state index is 11.7. The molecule has 2 heterocycles. The van der Waals surface area contributed by atoms with Crippen LogP contribution in [-0.4, -0.2) is 20.4 Å². The quantitative estimate of drug-likeness (QED) is 0.881. The van der Waals surface area contributed by atoms with Crippen molar-refractivity contribution in [3.8, 4) is 0 Å². The first kappa shape index (κ1) is 12.9. The number of amides is 1. The predicted octanol–water partition coefficient (Wildman–Crippen LogP) is 0.839. The van der Waals surface area contributed by atoms with Gasteiger partial charge in [-0.25, -0.2) is 9.97 Å². The minimum Gasteiger partial charge on any atom is -0.309 e. The van der Waals surface area contributed by atoms with Crippen molar-refractivity contribution in [1.29, 1.82) is 0 Å². The molecule has 0 atom stereocenters. The average Bonchev–Trinajstić information content (AvgIpc) is 2.42. The molecule has 0 unspecified atom stereocenters. The van der Waals surface area contributed by atoms with Crippen LogP contribution in [0, 0.1) is 0 Å². The minimum atomic E-state index is -0.313. The third kappa shape index (κ3) is 3.48. The summed E-state index contributed by atoms with van der Waals surface area (Å²) >= 11 is 0. The van der Waals surface area contributed by atoms with E-state index in [1.165, 1.54) is 17.0 Å². The molecule has 0 saturated heterocycles. The van der Waals surface area contributed by atoms with E-state index < -0.39 is 0 Å². The van der Waals surface area contributed by atoms with Crippen molar-refractivity contribution in [3.63, 3.8) is 0 Å². The van der Waals surface area contributed by atoms with Crippen LogP contribution >= 0.6 is 0 Å². The number of nitrogens with one attached hydrogen (secondary N) is 1. The lowest BCUT2D eigenvalue weighted by Gasteiger charge is -2.06. The second-order valence-electron chi connectivity index (χ2n) is 3.96. The molecule has 2 aromatic heterocycles. The zero-order valence-electron chi connectivity index (χ0n) is 10.5. The first-order valence-corrected chi connectivity index (χ1v) is 5.95. The van der Waals surface area contributed by atoms with E-state index in [4.69, 9.17) is 0 Å². The maximum atomic E-state index is 11.7. The Kier molecular flexibility index (Phi) is 4.02. The molecule has 0 radical (unpaired) electrons. The van der Waals surface area contributed by atoms with E-state index in [2.05, 4.69) is 15.3 Å². The van der Waals surface area contributed by atoms with Gasteiger partial charge in [-0.05, 0) is 18.6 Å². The Bertz CT molecular complexity index is 622. The Balaban J connectivity index is 2.05. The number of carbonyl (C=O) groups is 1. The molecule has 0 aromatic carbocycles. The number of hydrogen-bond donors (Lipinski definition) is 1. The average molecular weight is 258 g/mol. The van der Waals surface area contributed by atoms with Crippen LogP contribution in [0.15, 0.2) is 41.6 Å². The highest BCUT2D eigenvalue weighted by atomic mass is 16.2. The molecule has 0 saturated carbocycles. The molecule has 6 nitrogen and oxygen atoms in total. The molecule has 2 aromatic rings. The van der Waals surface area contributed by atoms with Crippen LogP contribution < -0.4 is 10.9 Å². The van der Waals surface area contributed by atoms with Crippen molar-refractivity contribution in [1.82, 2.24) is 14.5 Å². The molecule has 0 aliphatic rings. The van der Waals surface area contributed by atoms with Crippen LogP contribution in [0.4, 0.5) is 5.82 Å². The number of carbonyl (C=O) groups excluding carboxylic acids is 1. The van der Waals surface area contributed by atoms with Gasteiger partial charge in [0, 0.05) is 18.0 Å². The molecule has 0 aliphatic carbocycles. The smallest absolute Gasteiger partial charge is 0.253 e. The van der Waals surface area contributed by atoms with E-state index in [-0.39, 0.29) is 18.0 Å². The standard InChI is InChI=1S/C13H14N4O2/c1-2-10-7-13(19)17(9-15-10)8-12(18)16-11-5-3-4-6-14-11/h3-7,9H,2,8H2,1H3,(H,14,16,18). The SMILES string of the molecule is CCc1cc(=O)n(CC(=O)Nc2ccccn2)cn1. The largest absolute Gasteiger partial charge is 0.309 e. The molecule has 2 rings (SSSR count). The topological polar surface area (TPSA) is 76.9 Å². The van der Waals surface area contributed by atoms with Crippen molar-refractivity contribution >= 4 is 11.7 Å². The Labute approximate surface area is 110 Å². The zero-order chi connectivity index (χ0) is 13.7. The fraction of sp³-hybridized carbons (Fsp3) is 0.231. The van der Waals surface area contributed by atoms with Gasteiger partial charge in [0.1, 0.15) is 12.4 Å². The summed E-state index contributed by atoms with van der Waals surface area (Å²) < 4.78 is 1.26. The van der Waals surface area contributed by atoms with Gasteiger partial charge in [0.15, 0.2) is 0 Å². The van der Waals surface area contributed by atoms with Crippen molar-refractivity contribution < 1.29 is 4.79 Å². The normalized spacial score (nSPS) is 10.2. The van der Waals surface area contributed by atoms with Gasteiger partial charge in [0.2, 0.25) is 5.91 Å². The first-order valence-electron chi connectivity index (χ1n) is 5.95. The van der Waals surface area contributed by atoms with E-state index in [9.17, 15) is 9.59 Å². The summed E-state index contributed by atoms with van der Waals surface area (Å²) in [6, 6.07) is 6.65. The molecule has 0 aliphatic heterocycles. The molecule has 6 heteroatoms. The summed E-state index contributed by atoms with van der Waals surface area (Å²) in [5.41, 5.74) is 0.481. The summed E-state index contributed by atoms with van der Waals surface area (Å²) in [5, 5.41) is 2.61. The summed E-state index contributed by atoms with van der Waals surface area (Å²) in [6.45, 7) is 1.84. The monoisotopic (exact) mass is 258 g/mol. The van der Waals surface area contributed by atoms with Crippen molar-refractivity contribution in [3.05, 3.63) is 52.8 Å². The van der Waals surface area contributed by atoms with Crippen LogP contribution in [0.2, 0.25) is 0 Å². The van der Waals surface area contributed by atoms with Gasteiger partial charge < -0.3 is 5.32 Å². The summed E-state index contributed by atoms with van der Waals surface area (Å²) in [4.78, 5) is 31.5.